The van der Waals surface area contributed by atoms with Gasteiger partial charge in [0.1, 0.15) is 18.2 Å². The lowest BCUT2D eigenvalue weighted by Crippen LogP contribution is -2.23. The van der Waals surface area contributed by atoms with Gasteiger partial charge in [-0.15, -0.1) is 0 Å². The largest absolute Gasteiger partial charge is 0.492 e. The third kappa shape index (κ3) is 2.33. The molecule has 0 heterocycles. The summed E-state index contributed by atoms with van der Waals surface area (Å²) in [4.78, 5) is 0. The van der Waals surface area contributed by atoms with Crippen LogP contribution in [-0.2, 0) is 0 Å². The first-order valence-corrected chi connectivity index (χ1v) is 5.54. The van der Waals surface area contributed by atoms with Crippen molar-refractivity contribution >= 4 is 0 Å². The van der Waals surface area contributed by atoms with E-state index in [1.807, 2.05) is 0 Å². The highest BCUT2D eigenvalue weighted by atomic mass is 19.1. The van der Waals surface area contributed by atoms with Gasteiger partial charge in [0.2, 0.25) is 0 Å². The Morgan fingerprint density at radius 1 is 1.25 bits per heavy atom. The zero-order valence-corrected chi connectivity index (χ0v) is 9.08. The second kappa shape index (κ2) is 4.52. The molecule has 1 aliphatic carbocycles. The Bertz CT molecular complexity index is 387. The van der Waals surface area contributed by atoms with Crippen molar-refractivity contribution in [2.45, 2.75) is 25.7 Å². The lowest BCUT2D eigenvalue weighted by molar-refractivity contribution is 0.201. The summed E-state index contributed by atoms with van der Waals surface area (Å²) < 4.78 is 18.2. The third-order valence-electron chi connectivity index (χ3n) is 3.13. The van der Waals surface area contributed by atoms with Crippen molar-refractivity contribution < 1.29 is 9.13 Å². The first-order valence-electron chi connectivity index (χ1n) is 5.54. The van der Waals surface area contributed by atoms with Gasteiger partial charge in [0.25, 0.3) is 0 Å². The van der Waals surface area contributed by atoms with E-state index in [9.17, 15) is 4.39 Å². The molecule has 0 atom stereocenters. The quantitative estimate of drug-likeness (QED) is 0.781. The van der Waals surface area contributed by atoms with Gasteiger partial charge < -0.3 is 4.74 Å². The van der Waals surface area contributed by atoms with Gasteiger partial charge in [-0.05, 0) is 37.1 Å². The summed E-state index contributed by atoms with van der Waals surface area (Å²) in [6.45, 7) is 0.412. The molecule has 0 spiro atoms. The molecule has 0 aromatic heterocycles. The molecule has 0 bridgehead atoms. The van der Waals surface area contributed by atoms with Crippen molar-refractivity contribution in [3.63, 3.8) is 0 Å². The molecule has 3 heteroatoms. The molecule has 1 fully saturated rings. The minimum Gasteiger partial charge on any atom is -0.492 e. The molecule has 1 saturated carbocycles. The van der Waals surface area contributed by atoms with Crippen LogP contribution in [0, 0.1) is 22.6 Å². The first-order chi connectivity index (χ1) is 7.74. The predicted molar refractivity (Wildman–Crippen MR) is 58.4 cm³/mol. The Hall–Kier alpha value is -1.56. The van der Waals surface area contributed by atoms with Crippen LogP contribution in [-0.4, -0.2) is 6.61 Å². The number of ether oxygens (including phenoxy) is 1. The molecular formula is C13H14FNO. The van der Waals surface area contributed by atoms with E-state index < -0.39 is 0 Å². The molecule has 2 nitrogen and oxygen atoms in total. The third-order valence-corrected chi connectivity index (χ3v) is 3.13. The van der Waals surface area contributed by atoms with E-state index in [4.69, 9.17) is 10.00 Å². The van der Waals surface area contributed by atoms with E-state index in [1.165, 1.54) is 12.1 Å². The number of hydrogen-bond donors (Lipinski definition) is 0. The number of hydrogen-bond acceptors (Lipinski definition) is 2. The topological polar surface area (TPSA) is 33.0 Å². The lowest BCUT2D eigenvalue weighted by Gasteiger charge is -2.20. The van der Waals surface area contributed by atoms with Crippen molar-refractivity contribution in [3.05, 3.63) is 30.1 Å². The lowest BCUT2D eigenvalue weighted by atomic mass is 9.89. The second-order valence-electron chi connectivity index (χ2n) is 4.34. The van der Waals surface area contributed by atoms with Gasteiger partial charge in [0.05, 0.1) is 11.5 Å². The minimum atomic E-state index is -0.325. The van der Waals surface area contributed by atoms with Crippen LogP contribution in [0.25, 0.3) is 0 Å². The highest BCUT2D eigenvalue weighted by Crippen LogP contribution is 2.37. The molecule has 2 rings (SSSR count). The fourth-order valence-corrected chi connectivity index (χ4v) is 2.09. The molecule has 0 unspecified atom stereocenters. The van der Waals surface area contributed by atoms with Gasteiger partial charge in [0.15, 0.2) is 0 Å². The van der Waals surface area contributed by atoms with E-state index in [1.54, 1.807) is 12.1 Å². The fraction of sp³-hybridized carbons (Fsp3) is 0.462. The van der Waals surface area contributed by atoms with Gasteiger partial charge >= 0.3 is 0 Å². The smallest absolute Gasteiger partial charge is 0.123 e. The van der Waals surface area contributed by atoms with Crippen LogP contribution >= 0.6 is 0 Å². The average Bonchev–Trinajstić information content (AvgIpc) is 2.78. The monoisotopic (exact) mass is 219 g/mol. The molecule has 1 aromatic rings. The predicted octanol–water partition coefficient (Wildman–Crippen LogP) is 3.29. The standard InChI is InChI=1S/C13H14FNO/c14-11-3-5-12(6-4-11)16-10-13(9-15)7-1-2-8-13/h3-6H,1-2,7-8,10H2. The second-order valence-corrected chi connectivity index (χ2v) is 4.34. The Morgan fingerprint density at radius 2 is 1.88 bits per heavy atom. The Balaban J connectivity index is 1.96. The van der Waals surface area contributed by atoms with Gasteiger partial charge in [-0.3, -0.25) is 0 Å². The molecule has 84 valence electrons. The van der Waals surface area contributed by atoms with E-state index in [0.717, 1.165) is 25.7 Å². The van der Waals surface area contributed by atoms with Crippen molar-refractivity contribution in [3.8, 4) is 11.8 Å². The van der Waals surface area contributed by atoms with Gasteiger partial charge in [-0.25, -0.2) is 4.39 Å². The summed E-state index contributed by atoms with van der Waals surface area (Å²) in [7, 11) is 0. The minimum absolute atomic E-state index is 0.275. The van der Waals surface area contributed by atoms with E-state index >= 15 is 0 Å². The molecule has 0 amide bonds. The van der Waals surface area contributed by atoms with Gasteiger partial charge in [-0.2, -0.15) is 5.26 Å². The zero-order valence-electron chi connectivity index (χ0n) is 9.08. The molecule has 1 aliphatic rings. The van der Waals surface area contributed by atoms with E-state index in [-0.39, 0.29) is 11.2 Å². The number of benzene rings is 1. The maximum atomic E-state index is 12.7. The molecular weight excluding hydrogens is 205 g/mol. The van der Waals surface area contributed by atoms with Crippen molar-refractivity contribution in [2.24, 2.45) is 5.41 Å². The summed E-state index contributed by atoms with van der Waals surface area (Å²) in [6, 6.07) is 8.27. The number of nitriles is 1. The van der Waals surface area contributed by atoms with Gasteiger partial charge in [-0.1, -0.05) is 12.8 Å². The summed E-state index contributed by atoms with van der Waals surface area (Å²) in [6.07, 6.45) is 4.01. The van der Waals surface area contributed by atoms with Crippen LogP contribution in [0.3, 0.4) is 0 Å². The highest BCUT2D eigenvalue weighted by Gasteiger charge is 2.34. The van der Waals surface area contributed by atoms with Crippen LogP contribution in [0.15, 0.2) is 24.3 Å². The van der Waals surface area contributed by atoms with Gasteiger partial charge in [0, 0.05) is 0 Å². The van der Waals surface area contributed by atoms with Crippen LogP contribution in [0.5, 0.6) is 5.75 Å². The van der Waals surface area contributed by atoms with E-state index in [0.29, 0.717) is 12.4 Å². The molecule has 16 heavy (non-hydrogen) atoms. The maximum absolute atomic E-state index is 12.7. The highest BCUT2D eigenvalue weighted by molar-refractivity contribution is 5.22. The average molecular weight is 219 g/mol. The normalized spacial score (nSPS) is 18.0. The summed E-state index contributed by atoms with van der Waals surface area (Å²) in [5.74, 6) is 0.353. The van der Waals surface area contributed by atoms with Crippen molar-refractivity contribution in [1.82, 2.24) is 0 Å². The molecule has 0 saturated heterocycles. The fourth-order valence-electron chi connectivity index (χ4n) is 2.09. The molecule has 1 aromatic carbocycles. The zero-order chi connectivity index (χ0) is 11.4. The van der Waals surface area contributed by atoms with Crippen LogP contribution < -0.4 is 4.74 Å². The molecule has 0 aliphatic heterocycles. The Labute approximate surface area is 94.7 Å². The van der Waals surface area contributed by atoms with Crippen LogP contribution in [0.4, 0.5) is 4.39 Å². The van der Waals surface area contributed by atoms with E-state index in [2.05, 4.69) is 6.07 Å². The van der Waals surface area contributed by atoms with Crippen molar-refractivity contribution in [1.29, 1.82) is 5.26 Å². The van der Waals surface area contributed by atoms with Crippen LogP contribution in [0.1, 0.15) is 25.7 Å². The first kappa shape index (κ1) is 10.9. The summed E-state index contributed by atoms with van der Waals surface area (Å²) >= 11 is 0. The SMILES string of the molecule is N#CC1(COc2ccc(F)cc2)CCCC1. The number of nitrogens with zero attached hydrogens (tertiary/aromatic N) is 1. The number of rotatable bonds is 3. The molecule has 0 radical (unpaired) electrons. The Kier molecular flexibility index (Phi) is 3.09. The summed E-state index contributed by atoms with van der Waals surface area (Å²) in [5, 5.41) is 9.15. The van der Waals surface area contributed by atoms with Crippen molar-refractivity contribution in [2.75, 3.05) is 6.61 Å². The summed E-state index contributed by atoms with van der Waals surface area (Å²) in [5.41, 5.74) is -0.325. The Morgan fingerprint density at radius 3 is 2.44 bits per heavy atom. The van der Waals surface area contributed by atoms with Crippen LogP contribution in [0.2, 0.25) is 0 Å². The maximum Gasteiger partial charge on any atom is 0.123 e. The number of halogens is 1. The molecule has 0 N–H and O–H groups in total.